The van der Waals surface area contributed by atoms with Crippen molar-refractivity contribution >= 4 is 17.6 Å². The summed E-state index contributed by atoms with van der Waals surface area (Å²) in [5.41, 5.74) is 0. The molecule has 13 heavy (non-hydrogen) atoms. The van der Waals surface area contributed by atoms with E-state index in [1.165, 1.54) is 6.42 Å². The molecule has 2 atom stereocenters. The fourth-order valence-corrected chi connectivity index (χ4v) is 1.39. The van der Waals surface area contributed by atoms with E-state index < -0.39 is 0 Å². The summed E-state index contributed by atoms with van der Waals surface area (Å²) in [6.45, 7) is 3.16. The van der Waals surface area contributed by atoms with Gasteiger partial charge in [0.15, 0.2) is 0 Å². The van der Waals surface area contributed by atoms with Crippen LogP contribution in [0, 0.1) is 11.8 Å². The summed E-state index contributed by atoms with van der Waals surface area (Å²) in [7, 11) is 0. The predicted octanol–water partition coefficient (Wildman–Crippen LogP) is 1.88. The normalized spacial score (nSPS) is 26.0. The van der Waals surface area contributed by atoms with E-state index in [-0.39, 0.29) is 5.88 Å². The lowest BCUT2D eigenvalue weighted by atomic mass is 10.3. The highest BCUT2D eigenvalue weighted by atomic mass is 35.5. The van der Waals surface area contributed by atoms with Crippen molar-refractivity contribution in [2.24, 2.45) is 11.8 Å². The van der Waals surface area contributed by atoms with E-state index in [0.29, 0.717) is 11.9 Å². The van der Waals surface area contributed by atoms with Gasteiger partial charge in [-0.15, -0.1) is 16.7 Å². The van der Waals surface area contributed by atoms with Crippen LogP contribution in [0.3, 0.4) is 0 Å². The molecular formula is C8H12ClN3O. The molecule has 0 aromatic carbocycles. The Morgan fingerprint density at radius 1 is 1.62 bits per heavy atom. The smallest absolute Gasteiger partial charge is 0.315 e. The first kappa shape index (κ1) is 8.81. The third kappa shape index (κ3) is 2.12. The van der Waals surface area contributed by atoms with E-state index in [0.717, 1.165) is 18.4 Å². The molecular weight excluding hydrogens is 190 g/mol. The van der Waals surface area contributed by atoms with Gasteiger partial charge in [0.05, 0.1) is 0 Å². The first-order chi connectivity index (χ1) is 6.29. The van der Waals surface area contributed by atoms with Crippen molar-refractivity contribution < 1.29 is 4.42 Å². The van der Waals surface area contributed by atoms with E-state index in [1.54, 1.807) is 0 Å². The van der Waals surface area contributed by atoms with Crippen LogP contribution in [0.15, 0.2) is 4.42 Å². The minimum absolute atomic E-state index is 0.272. The van der Waals surface area contributed by atoms with Gasteiger partial charge in [-0.1, -0.05) is 12.0 Å². The highest BCUT2D eigenvalue weighted by Crippen LogP contribution is 2.37. The molecule has 1 aliphatic rings. The van der Waals surface area contributed by atoms with Crippen molar-refractivity contribution in [1.82, 2.24) is 10.2 Å². The maximum Gasteiger partial charge on any atom is 0.315 e. The molecule has 1 saturated carbocycles. The second-order valence-corrected chi connectivity index (χ2v) is 3.76. The van der Waals surface area contributed by atoms with Gasteiger partial charge in [0.2, 0.25) is 5.89 Å². The summed E-state index contributed by atoms with van der Waals surface area (Å²) in [4.78, 5) is 0. The van der Waals surface area contributed by atoms with E-state index in [4.69, 9.17) is 16.0 Å². The zero-order chi connectivity index (χ0) is 9.26. The Bertz CT molecular complexity index is 289. The molecule has 4 nitrogen and oxygen atoms in total. The minimum Gasteiger partial charge on any atom is -0.407 e. The molecule has 1 aromatic heterocycles. The number of rotatable bonds is 4. The molecule has 1 N–H and O–H groups in total. The van der Waals surface area contributed by atoms with Gasteiger partial charge in [0, 0.05) is 6.54 Å². The number of nitrogens with zero attached hydrogens (tertiary/aromatic N) is 2. The molecule has 2 rings (SSSR count). The Hall–Kier alpha value is -0.770. The average molecular weight is 202 g/mol. The van der Waals surface area contributed by atoms with Crippen molar-refractivity contribution in [1.29, 1.82) is 0 Å². The van der Waals surface area contributed by atoms with Gasteiger partial charge in [-0.05, 0) is 18.3 Å². The van der Waals surface area contributed by atoms with E-state index in [9.17, 15) is 0 Å². The van der Waals surface area contributed by atoms with Crippen LogP contribution in [0.25, 0.3) is 0 Å². The topological polar surface area (TPSA) is 51.0 Å². The summed E-state index contributed by atoms with van der Waals surface area (Å²) in [5, 5.41) is 10.6. The van der Waals surface area contributed by atoms with Crippen molar-refractivity contribution in [3.8, 4) is 0 Å². The summed E-state index contributed by atoms with van der Waals surface area (Å²) in [6.07, 6.45) is 1.30. The highest BCUT2D eigenvalue weighted by Gasteiger charge is 2.32. The predicted molar refractivity (Wildman–Crippen MR) is 49.6 cm³/mol. The van der Waals surface area contributed by atoms with Crippen LogP contribution >= 0.6 is 11.6 Å². The SMILES string of the molecule is CC1CC1CNc1nnc(CCl)o1. The average Bonchev–Trinajstić information content (AvgIpc) is 2.68. The van der Waals surface area contributed by atoms with Crippen LogP contribution < -0.4 is 5.32 Å². The molecule has 2 unspecified atom stereocenters. The van der Waals surface area contributed by atoms with Crippen molar-refractivity contribution in [3.63, 3.8) is 0 Å². The third-order valence-corrected chi connectivity index (χ3v) is 2.60. The number of hydrogen-bond donors (Lipinski definition) is 1. The summed E-state index contributed by atoms with van der Waals surface area (Å²) >= 11 is 5.51. The maximum atomic E-state index is 5.51. The van der Waals surface area contributed by atoms with Crippen LogP contribution in [0.5, 0.6) is 0 Å². The second-order valence-electron chi connectivity index (χ2n) is 3.49. The number of anilines is 1. The first-order valence-corrected chi connectivity index (χ1v) is 4.95. The van der Waals surface area contributed by atoms with E-state index >= 15 is 0 Å². The number of halogens is 1. The van der Waals surface area contributed by atoms with Gasteiger partial charge in [0.1, 0.15) is 5.88 Å². The Morgan fingerprint density at radius 3 is 2.92 bits per heavy atom. The number of hydrogen-bond acceptors (Lipinski definition) is 4. The van der Waals surface area contributed by atoms with Gasteiger partial charge in [0.25, 0.3) is 0 Å². The maximum absolute atomic E-state index is 5.51. The van der Waals surface area contributed by atoms with Crippen molar-refractivity contribution in [2.45, 2.75) is 19.2 Å². The first-order valence-electron chi connectivity index (χ1n) is 4.42. The van der Waals surface area contributed by atoms with E-state index in [1.807, 2.05) is 0 Å². The highest BCUT2D eigenvalue weighted by molar-refractivity contribution is 6.16. The standard InChI is InChI=1S/C8H12ClN3O/c1-5-2-6(5)4-10-8-12-11-7(3-9)13-8/h5-6H,2-4H2,1H3,(H,10,12). The van der Waals surface area contributed by atoms with Crippen LogP contribution in [-0.2, 0) is 5.88 Å². The molecule has 0 aliphatic heterocycles. The van der Waals surface area contributed by atoms with Crippen LogP contribution in [0.2, 0.25) is 0 Å². The molecule has 0 spiro atoms. The quantitative estimate of drug-likeness (QED) is 0.756. The molecule has 0 bridgehead atoms. The summed E-state index contributed by atoms with van der Waals surface area (Å²) in [5.74, 6) is 2.34. The lowest BCUT2D eigenvalue weighted by Gasteiger charge is -1.97. The second kappa shape index (κ2) is 3.54. The molecule has 1 fully saturated rings. The van der Waals surface area contributed by atoms with E-state index in [2.05, 4.69) is 22.4 Å². The Balaban J connectivity index is 1.80. The monoisotopic (exact) mass is 201 g/mol. The molecule has 0 radical (unpaired) electrons. The minimum atomic E-state index is 0.272. The Morgan fingerprint density at radius 2 is 2.38 bits per heavy atom. The van der Waals surface area contributed by atoms with Gasteiger partial charge < -0.3 is 9.73 Å². The van der Waals surface area contributed by atoms with Gasteiger partial charge >= 0.3 is 6.01 Å². The molecule has 1 aromatic rings. The Kier molecular flexibility index (Phi) is 2.40. The summed E-state index contributed by atoms with van der Waals surface area (Å²) in [6, 6.07) is 0.481. The van der Waals surface area contributed by atoms with Crippen molar-refractivity contribution in [2.75, 3.05) is 11.9 Å². The molecule has 0 saturated heterocycles. The largest absolute Gasteiger partial charge is 0.407 e. The van der Waals surface area contributed by atoms with Crippen LogP contribution in [-0.4, -0.2) is 16.7 Å². The lowest BCUT2D eigenvalue weighted by molar-refractivity contribution is 0.523. The fraction of sp³-hybridized carbons (Fsp3) is 0.750. The summed E-state index contributed by atoms with van der Waals surface area (Å²) < 4.78 is 5.18. The van der Waals surface area contributed by atoms with Gasteiger partial charge in [-0.2, -0.15) is 0 Å². The fourth-order valence-electron chi connectivity index (χ4n) is 1.28. The lowest BCUT2D eigenvalue weighted by Crippen LogP contribution is -2.04. The van der Waals surface area contributed by atoms with Gasteiger partial charge in [-0.3, -0.25) is 0 Å². The van der Waals surface area contributed by atoms with Gasteiger partial charge in [-0.25, -0.2) is 0 Å². The number of alkyl halides is 1. The Labute approximate surface area is 81.7 Å². The molecule has 0 amide bonds. The number of aromatic nitrogens is 2. The molecule has 5 heteroatoms. The molecule has 72 valence electrons. The van der Waals surface area contributed by atoms with Crippen LogP contribution in [0.4, 0.5) is 6.01 Å². The molecule has 1 heterocycles. The number of nitrogens with one attached hydrogen (secondary N) is 1. The zero-order valence-electron chi connectivity index (χ0n) is 7.46. The van der Waals surface area contributed by atoms with Crippen molar-refractivity contribution in [3.05, 3.63) is 5.89 Å². The third-order valence-electron chi connectivity index (χ3n) is 2.37. The molecule has 1 aliphatic carbocycles. The zero-order valence-corrected chi connectivity index (χ0v) is 8.21. The van der Waals surface area contributed by atoms with Crippen LogP contribution in [0.1, 0.15) is 19.2 Å².